The lowest BCUT2D eigenvalue weighted by Crippen LogP contribution is -2.36. The maximum atomic E-state index is 13.9. The first-order chi connectivity index (χ1) is 9.61. The van der Waals surface area contributed by atoms with Gasteiger partial charge >= 0.3 is 0 Å². The Bertz CT molecular complexity index is 475. The highest BCUT2D eigenvalue weighted by Gasteiger charge is 2.20. The van der Waals surface area contributed by atoms with E-state index in [-0.39, 0.29) is 5.82 Å². The highest BCUT2D eigenvalue weighted by molar-refractivity contribution is 5.93. The zero-order valence-electron chi connectivity index (χ0n) is 11.6. The van der Waals surface area contributed by atoms with E-state index < -0.39 is 5.91 Å². The first-order valence-electron chi connectivity index (χ1n) is 6.69. The molecule has 110 valence electrons. The van der Waals surface area contributed by atoms with Crippen molar-refractivity contribution in [2.45, 2.75) is 25.4 Å². The fraction of sp³-hybridized carbons (Fsp3) is 0.500. The lowest BCUT2D eigenvalue weighted by Gasteiger charge is -2.31. The van der Waals surface area contributed by atoms with E-state index >= 15 is 0 Å². The van der Waals surface area contributed by atoms with E-state index in [9.17, 15) is 9.18 Å². The average Bonchev–Trinajstić information content (AvgIpc) is 2.49. The fourth-order valence-electron chi connectivity index (χ4n) is 2.44. The number of hydrogen-bond donors (Lipinski definition) is 2. The molecule has 0 aliphatic carbocycles. The van der Waals surface area contributed by atoms with Gasteiger partial charge in [0.1, 0.15) is 5.82 Å². The molecule has 1 aromatic rings. The number of nitrogens with zero attached hydrogens (tertiary/aromatic N) is 1. The van der Waals surface area contributed by atoms with Gasteiger partial charge in [0.05, 0.1) is 0 Å². The molecule has 3 N–H and O–H groups in total. The van der Waals surface area contributed by atoms with Crippen molar-refractivity contribution in [2.24, 2.45) is 5.84 Å². The molecule has 2 rings (SSSR count). The van der Waals surface area contributed by atoms with Crippen molar-refractivity contribution in [3.63, 3.8) is 0 Å². The summed E-state index contributed by atoms with van der Waals surface area (Å²) in [5.74, 6) is 4.37. The SMILES string of the molecule is CN(Cc1cc(C(=O)NN)ccc1F)C1CCOCC1. The van der Waals surface area contributed by atoms with Crippen molar-refractivity contribution in [3.05, 3.63) is 35.1 Å². The number of carbonyl (C=O) groups is 1. The molecule has 1 aromatic carbocycles. The Labute approximate surface area is 117 Å². The van der Waals surface area contributed by atoms with E-state index in [1.807, 2.05) is 7.05 Å². The summed E-state index contributed by atoms with van der Waals surface area (Å²) in [7, 11) is 1.96. The second-order valence-corrected chi connectivity index (χ2v) is 5.04. The highest BCUT2D eigenvalue weighted by atomic mass is 19.1. The van der Waals surface area contributed by atoms with Crippen LogP contribution in [0, 0.1) is 5.82 Å². The second-order valence-electron chi connectivity index (χ2n) is 5.04. The van der Waals surface area contributed by atoms with Crippen LogP contribution in [0.3, 0.4) is 0 Å². The number of hydrogen-bond acceptors (Lipinski definition) is 4. The second kappa shape index (κ2) is 6.78. The molecular weight excluding hydrogens is 261 g/mol. The number of nitrogens with two attached hydrogens (primary N) is 1. The van der Waals surface area contributed by atoms with Crippen LogP contribution in [0.2, 0.25) is 0 Å². The Balaban J connectivity index is 2.09. The summed E-state index contributed by atoms with van der Waals surface area (Å²) in [5.41, 5.74) is 2.92. The molecule has 1 heterocycles. The molecule has 0 aromatic heterocycles. The summed E-state index contributed by atoms with van der Waals surface area (Å²) in [4.78, 5) is 13.6. The Morgan fingerprint density at radius 2 is 2.20 bits per heavy atom. The minimum absolute atomic E-state index is 0.308. The van der Waals surface area contributed by atoms with Crippen LogP contribution in [0.4, 0.5) is 4.39 Å². The molecular formula is C14H20FN3O2. The van der Waals surface area contributed by atoms with Crippen LogP contribution in [0.5, 0.6) is 0 Å². The number of carbonyl (C=O) groups excluding carboxylic acids is 1. The third kappa shape index (κ3) is 3.53. The molecule has 1 amide bonds. The first-order valence-corrected chi connectivity index (χ1v) is 6.69. The van der Waals surface area contributed by atoms with Crippen LogP contribution >= 0.6 is 0 Å². The molecule has 0 spiro atoms. The van der Waals surface area contributed by atoms with Gasteiger partial charge in [-0.1, -0.05) is 0 Å². The smallest absolute Gasteiger partial charge is 0.265 e. The Morgan fingerprint density at radius 3 is 2.85 bits per heavy atom. The number of benzene rings is 1. The van der Waals surface area contributed by atoms with Crippen molar-refractivity contribution in [1.82, 2.24) is 10.3 Å². The standard InChI is InChI=1S/C14H20FN3O2/c1-18(12-4-6-20-7-5-12)9-11-8-10(14(19)17-16)2-3-13(11)15/h2-3,8,12H,4-7,9,16H2,1H3,(H,17,19). The van der Waals surface area contributed by atoms with Gasteiger partial charge in [-0.2, -0.15) is 0 Å². The van der Waals surface area contributed by atoms with Crippen molar-refractivity contribution < 1.29 is 13.9 Å². The van der Waals surface area contributed by atoms with Crippen molar-refractivity contribution in [2.75, 3.05) is 20.3 Å². The summed E-state index contributed by atoms with van der Waals surface area (Å²) in [6.45, 7) is 1.95. The topological polar surface area (TPSA) is 67.6 Å². The molecule has 1 saturated heterocycles. The van der Waals surface area contributed by atoms with E-state index in [1.54, 1.807) is 6.07 Å². The predicted molar refractivity (Wildman–Crippen MR) is 73.4 cm³/mol. The highest BCUT2D eigenvalue weighted by Crippen LogP contribution is 2.18. The zero-order chi connectivity index (χ0) is 14.5. The maximum Gasteiger partial charge on any atom is 0.265 e. The summed E-state index contributed by atoms with van der Waals surface area (Å²) >= 11 is 0. The summed E-state index contributed by atoms with van der Waals surface area (Å²) < 4.78 is 19.2. The van der Waals surface area contributed by atoms with Crippen LogP contribution in [-0.2, 0) is 11.3 Å². The van der Waals surface area contributed by atoms with Crippen LogP contribution in [0.25, 0.3) is 0 Å². The molecule has 1 aliphatic rings. The van der Waals surface area contributed by atoms with Gasteiger partial charge in [-0.25, -0.2) is 10.2 Å². The normalized spacial score (nSPS) is 16.4. The van der Waals surface area contributed by atoms with Gasteiger partial charge in [0.25, 0.3) is 5.91 Å². The van der Waals surface area contributed by atoms with Crippen LogP contribution in [0.15, 0.2) is 18.2 Å². The van der Waals surface area contributed by atoms with Gasteiger partial charge in [-0.3, -0.25) is 15.1 Å². The number of rotatable bonds is 4. The molecule has 20 heavy (non-hydrogen) atoms. The van der Waals surface area contributed by atoms with Gasteiger partial charge in [0.2, 0.25) is 0 Å². The van der Waals surface area contributed by atoms with E-state index in [2.05, 4.69) is 10.3 Å². The van der Waals surface area contributed by atoms with E-state index in [4.69, 9.17) is 10.6 Å². The Kier molecular flexibility index (Phi) is 5.05. The maximum absolute atomic E-state index is 13.9. The molecule has 1 aliphatic heterocycles. The average molecular weight is 281 g/mol. The molecule has 1 fully saturated rings. The van der Waals surface area contributed by atoms with E-state index in [1.165, 1.54) is 12.1 Å². The molecule has 0 radical (unpaired) electrons. The van der Waals surface area contributed by atoms with Crippen LogP contribution < -0.4 is 11.3 Å². The number of ether oxygens (including phenoxy) is 1. The Morgan fingerprint density at radius 1 is 1.50 bits per heavy atom. The third-order valence-electron chi connectivity index (χ3n) is 3.67. The predicted octanol–water partition coefficient (Wildman–Crippen LogP) is 1.04. The lowest BCUT2D eigenvalue weighted by molar-refractivity contribution is 0.0404. The quantitative estimate of drug-likeness (QED) is 0.491. The fourth-order valence-corrected chi connectivity index (χ4v) is 2.44. The monoisotopic (exact) mass is 281 g/mol. The zero-order valence-corrected chi connectivity index (χ0v) is 11.6. The molecule has 0 bridgehead atoms. The van der Waals surface area contributed by atoms with Gasteiger partial charge in [0, 0.05) is 36.9 Å². The van der Waals surface area contributed by atoms with E-state index in [0.29, 0.717) is 23.7 Å². The minimum atomic E-state index is -0.417. The van der Waals surface area contributed by atoms with Crippen molar-refractivity contribution >= 4 is 5.91 Å². The number of nitrogen functional groups attached to an aromatic ring is 1. The van der Waals surface area contributed by atoms with E-state index in [0.717, 1.165) is 26.1 Å². The van der Waals surface area contributed by atoms with Crippen molar-refractivity contribution in [1.29, 1.82) is 0 Å². The van der Waals surface area contributed by atoms with Gasteiger partial charge < -0.3 is 4.74 Å². The lowest BCUT2D eigenvalue weighted by atomic mass is 10.1. The van der Waals surface area contributed by atoms with Crippen LogP contribution in [-0.4, -0.2) is 37.1 Å². The number of hydrazine groups is 1. The first kappa shape index (κ1) is 14.9. The molecule has 5 nitrogen and oxygen atoms in total. The number of nitrogens with one attached hydrogen (secondary N) is 1. The number of amides is 1. The molecule has 0 saturated carbocycles. The van der Waals surface area contributed by atoms with Gasteiger partial charge in [-0.05, 0) is 38.1 Å². The summed E-state index contributed by atoms with van der Waals surface area (Å²) in [6.07, 6.45) is 1.89. The Hall–Kier alpha value is -1.50. The van der Waals surface area contributed by atoms with Gasteiger partial charge in [0.15, 0.2) is 0 Å². The van der Waals surface area contributed by atoms with Gasteiger partial charge in [-0.15, -0.1) is 0 Å². The minimum Gasteiger partial charge on any atom is -0.381 e. The van der Waals surface area contributed by atoms with Crippen LogP contribution in [0.1, 0.15) is 28.8 Å². The molecule has 0 atom stereocenters. The third-order valence-corrected chi connectivity index (χ3v) is 3.67. The summed E-state index contributed by atoms with van der Waals surface area (Å²) in [5, 5.41) is 0. The summed E-state index contributed by atoms with van der Waals surface area (Å²) in [6, 6.07) is 4.66. The molecule has 6 heteroatoms. The molecule has 0 unspecified atom stereocenters. The largest absolute Gasteiger partial charge is 0.381 e. The van der Waals surface area contributed by atoms with Crippen molar-refractivity contribution in [3.8, 4) is 0 Å². The number of halogens is 1.